The fourth-order valence-electron chi connectivity index (χ4n) is 1.95. The van der Waals surface area contributed by atoms with Gasteiger partial charge in [0, 0.05) is 31.6 Å². The summed E-state index contributed by atoms with van der Waals surface area (Å²) in [6, 6.07) is 1.49. The van der Waals surface area contributed by atoms with Gasteiger partial charge in [0.25, 0.3) is 0 Å². The Hall–Kier alpha value is -0.510. The van der Waals surface area contributed by atoms with Gasteiger partial charge < -0.3 is 14.6 Å². The molecule has 108 valence electrons. The van der Waals surface area contributed by atoms with Crippen molar-refractivity contribution in [3.8, 4) is 0 Å². The SMILES string of the molecule is COC1(CNS(=O)(=O)c2ccsc2CO)CCOC1. The van der Waals surface area contributed by atoms with Gasteiger partial charge in [0.15, 0.2) is 0 Å². The lowest BCUT2D eigenvalue weighted by atomic mass is 10.0. The highest BCUT2D eigenvalue weighted by atomic mass is 32.2. The zero-order chi connectivity index (χ0) is 13.9. The zero-order valence-electron chi connectivity index (χ0n) is 10.6. The summed E-state index contributed by atoms with van der Waals surface area (Å²) in [6.07, 6.45) is 0.655. The normalized spacial score (nSPS) is 23.9. The highest BCUT2D eigenvalue weighted by Crippen LogP contribution is 2.24. The van der Waals surface area contributed by atoms with E-state index < -0.39 is 15.6 Å². The first-order valence-corrected chi connectivity index (χ1v) is 8.19. The summed E-state index contributed by atoms with van der Waals surface area (Å²) in [5.41, 5.74) is -0.595. The summed E-state index contributed by atoms with van der Waals surface area (Å²) >= 11 is 1.21. The summed E-state index contributed by atoms with van der Waals surface area (Å²) in [4.78, 5) is 0.562. The Kier molecular flexibility index (Phi) is 4.59. The first-order valence-electron chi connectivity index (χ1n) is 5.83. The molecule has 19 heavy (non-hydrogen) atoms. The predicted octanol–water partition coefficient (Wildman–Crippen LogP) is 0.324. The van der Waals surface area contributed by atoms with Gasteiger partial charge in [-0.05, 0) is 11.4 Å². The average molecular weight is 307 g/mol. The molecule has 2 rings (SSSR count). The fourth-order valence-corrected chi connectivity index (χ4v) is 4.36. The molecule has 0 bridgehead atoms. The first-order chi connectivity index (χ1) is 9.03. The molecule has 2 heterocycles. The third-order valence-electron chi connectivity index (χ3n) is 3.22. The minimum absolute atomic E-state index is 0.130. The molecule has 2 N–H and O–H groups in total. The lowest BCUT2D eigenvalue weighted by Crippen LogP contribution is -2.45. The number of aliphatic hydroxyl groups excluding tert-OH is 1. The van der Waals surface area contributed by atoms with Gasteiger partial charge in [-0.1, -0.05) is 0 Å². The van der Waals surface area contributed by atoms with Crippen molar-refractivity contribution in [2.75, 3.05) is 26.9 Å². The smallest absolute Gasteiger partial charge is 0.241 e. The number of hydrogen-bond acceptors (Lipinski definition) is 6. The van der Waals surface area contributed by atoms with E-state index in [9.17, 15) is 8.42 Å². The Labute approximate surface area is 116 Å². The molecular weight excluding hydrogens is 290 g/mol. The van der Waals surface area contributed by atoms with Crippen LogP contribution in [0, 0.1) is 0 Å². The molecule has 1 fully saturated rings. The van der Waals surface area contributed by atoms with Crippen LogP contribution in [0.1, 0.15) is 11.3 Å². The lowest BCUT2D eigenvalue weighted by molar-refractivity contribution is -0.0120. The third-order valence-corrected chi connectivity index (χ3v) is 5.74. The third kappa shape index (κ3) is 3.15. The Bertz CT molecular complexity index is 519. The summed E-state index contributed by atoms with van der Waals surface area (Å²) in [5.74, 6) is 0. The zero-order valence-corrected chi connectivity index (χ0v) is 12.2. The maximum absolute atomic E-state index is 12.2. The van der Waals surface area contributed by atoms with Gasteiger partial charge in [0.05, 0.1) is 18.1 Å². The standard InChI is InChI=1S/C11H17NO5S2/c1-16-11(3-4-17-8-11)7-12-19(14,15)10-2-5-18-9(10)6-13/h2,5,12-13H,3-4,6-8H2,1H3. The largest absolute Gasteiger partial charge is 0.391 e. The molecule has 1 aromatic heterocycles. The Morgan fingerprint density at radius 1 is 1.63 bits per heavy atom. The van der Waals surface area contributed by atoms with E-state index >= 15 is 0 Å². The number of aliphatic hydroxyl groups is 1. The molecule has 0 aromatic carbocycles. The van der Waals surface area contributed by atoms with Gasteiger partial charge >= 0.3 is 0 Å². The number of nitrogens with one attached hydrogen (secondary N) is 1. The first kappa shape index (κ1) is 14.9. The van der Waals surface area contributed by atoms with Gasteiger partial charge in [-0.2, -0.15) is 0 Å². The Balaban J connectivity index is 2.10. The van der Waals surface area contributed by atoms with Crippen LogP contribution in [0.25, 0.3) is 0 Å². The highest BCUT2D eigenvalue weighted by molar-refractivity contribution is 7.89. The molecule has 0 saturated carbocycles. The summed E-state index contributed by atoms with van der Waals surface area (Å²) in [6.45, 7) is 0.817. The van der Waals surface area contributed by atoms with Crippen LogP contribution in [-0.4, -0.2) is 46.0 Å². The van der Waals surface area contributed by atoms with E-state index in [4.69, 9.17) is 14.6 Å². The summed E-state index contributed by atoms with van der Waals surface area (Å²) in [7, 11) is -2.08. The van der Waals surface area contributed by atoms with Gasteiger partial charge in [-0.15, -0.1) is 11.3 Å². The van der Waals surface area contributed by atoms with Crippen LogP contribution < -0.4 is 4.72 Å². The van der Waals surface area contributed by atoms with Crippen LogP contribution in [0.3, 0.4) is 0 Å². The number of ether oxygens (including phenoxy) is 2. The van der Waals surface area contributed by atoms with Gasteiger partial charge in [0.2, 0.25) is 10.0 Å². The number of sulfonamides is 1. The van der Waals surface area contributed by atoms with E-state index in [-0.39, 0.29) is 18.0 Å². The second kappa shape index (κ2) is 5.86. The second-order valence-corrected chi connectivity index (χ2v) is 7.12. The maximum atomic E-state index is 12.2. The van der Waals surface area contributed by atoms with Crippen LogP contribution in [-0.2, 0) is 26.1 Å². The molecule has 1 aromatic rings. The number of methoxy groups -OCH3 is 1. The summed E-state index contributed by atoms with van der Waals surface area (Å²) < 4.78 is 37.5. The topological polar surface area (TPSA) is 84.9 Å². The molecule has 1 atom stereocenters. The lowest BCUT2D eigenvalue weighted by Gasteiger charge is -2.25. The van der Waals surface area contributed by atoms with E-state index in [0.29, 0.717) is 24.5 Å². The monoisotopic (exact) mass is 307 g/mol. The van der Waals surface area contributed by atoms with Crippen molar-refractivity contribution in [1.82, 2.24) is 4.72 Å². The van der Waals surface area contributed by atoms with Crippen molar-refractivity contribution in [1.29, 1.82) is 0 Å². The molecule has 1 aliphatic rings. The van der Waals surface area contributed by atoms with Gasteiger partial charge in [-0.25, -0.2) is 13.1 Å². The van der Waals surface area contributed by atoms with Crippen LogP contribution in [0.4, 0.5) is 0 Å². The molecule has 6 nitrogen and oxygen atoms in total. The molecule has 1 aliphatic heterocycles. The van der Waals surface area contributed by atoms with E-state index in [0.717, 1.165) is 0 Å². The van der Waals surface area contributed by atoms with Crippen molar-refractivity contribution < 1.29 is 23.0 Å². The Morgan fingerprint density at radius 2 is 2.42 bits per heavy atom. The Morgan fingerprint density at radius 3 is 3.00 bits per heavy atom. The van der Waals surface area contributed by atoms with E-state index in [1.165, 1.54) is 17.4 Å². The van der Waals surface area contributed by atoms with Crippen LogP contribution in [0.5, 0.6) is 0 Å². The van der Waals surface area contributed by atoms with Crippen molar-refractivity contribution in [2.45, 2.75) is 23.5 Å². The molecule has 0 amide bonds. The highest BCUT2D eigenvalue weighted by Gasteiger charge is 2.36. The van der Waals surface area contributed by atoms with E-state index in [1.54, 1.807) is 12.5 Å². The van der Waals surface area contributed by atoms with Crippen LogP contribution >= 0.6 is 11.3 Å². The van der Waals surface area contributed by atoms with Crippen LogP contribution in [0.15, 0.2) is 16.3 Å². The second-order valence-electron chi connectivity index (χ2n) is 4.38. The van der Waals surface area contributed by atoms with E-state index in [1.807, 2.05) is 0 Å². The fraction of sp³-hybridized carbons (Fsp3) is 0.636. The van der Waals surface area contributed by atoms with Gasteiger partial charge in [-0.3, -0.25) is 0 Å². The molecule has 1 unspecified atom stereocenters. The number of hydrogen-bond donors (Lipinski definition) is 2. The molecule has 0 aliphatic carbocycles. The predicted molar refractivity (Wildman–Crippen MR) is 70.6 cm³/mol. The minimum atomic E-state index is -3.63. The minimum Gasteiger partial charge on any atom is -0.391 e. The molecule has 0 radical (unpaired) electrons. The molecule has 1 saturated heterocycles. The van der Waals surface area contributed by atoms with Crippen LogP contribution in [0.2, 0.25) is 0 Å². The summed E-state index contributed by atoms with van der Waals surface area (Å²) in [5, 5.41) is 10.8. The molecule has 8 heteroatoms. The maximum Gasteiger partial charge on any atom is 0.241 e. The van der Waals surface area contributed by atoms with E-state index in [2.05, 4.69) is 4.72 Å². The number of rotatable bonds is 6. The molecule has 0 spiro atoms. The van der Waals surface area contributed by atoms with Crippen molar-refractivity contribution in [3.63, 3.8) is 0 Å². The quantitative estimate of drug-likeness (QED) is 0.791. The van der Waals surface area contributed by atoms with Gasteiger partial charge in [0.1, 0.15) is 5.60 Å². The average Bonchev–Trinajstić information content (AvgIpc) is 3.06. The van der Waals surface area contributed by atoms with Crippen molar-refractivity contribution >= 4 is 21.4 Å². The van der Waals surface area contributed by atoms with Crippen molar-refractivity contribution in [2.24, 2.45) is 0 Å². The molecular formula is C11H17NO5S2. The van der Waals surface area contributed by atoms with Crippen molar-refractivity contribution in [3.05, 3.63) is 16.3 Å². The number of thiophene rings is 1.